The van der Waals surface area contributed by atoms with E-state index in [-0.39, 0.29) is 5.91 Å². The van der Waals surface area contributed by atoms with Gasteiger partial charge in [-0.05, 0) is 56.1 Å². The third kappa shape index (κ3) is 3.14. The number of ether oxygens (including phenoxy) is 1. The van der Waals surface area contributed by atoms with Crippen LogP contribution in [0.3, 0.4) is 0 Å². The molecule has 1 heterocycles. The fourth-order valence-electron chi connectivity index (χ4n) is 1.61. The number of hydrogen-bond donors (Lipinski definition) is 1. The highest BCUT2D eigenvalue weighted by Gasteiger charge is 2.18. The van der Waals surface area contributed by atoms with Gasteiger partial charge in [-0.15, -0.1) is 0 Å². The van der Waals surface area contributed by atoms with Crippen molar-refractivity contribution in [1.82, 2.24) is 10.3 Å². The Hall–Kier alpha value is -2.37. The Bertz CT molecular complexity index is 622. The quantitative estimate of drug-likeness (QED) is 0.927. The minimum Gasteiger partial charge on any atom is -0.481 e. The van der Waals surface area contributed by atoms with Crippen molar-refractivity contribution in [2.24, 2.45) is 0 Å². The first-order valence-electron chi connectivity index (χ1n) is 6.31. The molecule has 1 amide bonds. The lowest BCUT2D eigenvalue weighted by Crippen LogP contribution is -2.30. The fourth-order valence-corrected chi connectivity index (χ4v) is 1.61. The minimum atomic E-state index is -0.645. The first-order chi connectivity index (χ1) is 9.47. The lowest BCUT2D eigenvalue weighted by molar-refractivity contribution is -0.122. The van der Waals surface area contributed by atoms with Crippen LogP contribution in [0.15, 0.2) is 22.8 Å². The zero-order valence-electron chi connectivity index (χ0n) is 11.9. The van der Waals surface area contributed by atoms with Crippen LogP contribution in [-0.4, -0.2) is 22.3 Å². The van der Waals surface area contributed by atoms with E-state index in [1.54, 1.807) is 13.8 Å². The summed E-state index contributed by atoms with van der Waals surface area (Å²) in [7, 11) is 0. The Kier molecular flexibility index (Phi) is 4.02. The second kappa shape index (κ2) is 5.73. The van der Waals surface area contributed by atoms with Gasteiger partial charge >= 0.3 is 0 Å². The Morgan fingerprint density at radius 2 is 2.00 bits per heavy atom. The van der Waals surface area contributed by atoms with Crippen molar-refractivity contribution in [2.75, 3.05) is 5.32 Å². The van der Waals surface area contributed by atoms with Crippen molar-refractivity contribution in [3.8, 4) is 5.75 Å². The highest BCUT2D eigenvalue weighted by atomic mass is 16.6. The molecule has 0 aliphatic heterocycles. The van der Waals surface area contributed by atoms with Crippen LogP contribution in [0, 0.1) is 20.8 Å². The molecule has 106 valence electrons. The molecule has 1 aromatic carbocycles. The topological polar surface area (TPSA) is 77.2 Å². The van der Waals surface area contributed by atoms with Gasteiger partial charge in [-0.25, -0.2) is 4.63 Å². The first-order valence-corrected chi connectivity index (χ1v) is 6.31. The van der Waals surface area contributed by atoms with Gasteiger partial charge in [-0.3, -0.25) is 4.79 Å². The summed E-state index contributed by atoms with van der Waals surface area (Å²) in [6, 6.07) is 5.71. The molecule has 2 aromatic rings. The predicted octanol–water partition coefficient (Wildman–Crippen LogP) is 2.40. The maximum absolute atomic E-state index is 12.0. The van der Waals surface area contributed by atoms with Crippen molar-refractivity contribution >= 4 is 11.7 Å². The van der Waals surface area contributed by atoms with Gasteiger partial charge in [0.25, 0.3) is 5.91 Å². The number of carbonyl (C=O) groups is 1. The molecule has 0 saturated carbocycles. The highest BCUT2D eigenvalue weighted by Crippen LogP contribution is 2.18. The Morgan fingerprint density at radius 3 is 2.60 bits per heavy atom. The van der Waals surface area contributed by atoms with Crippen molar-refractivity contribution in [3.05, 3.63) is 35.0 Å². The maximum Gasteiger partial charge on any atom is 0.266 e. The largest absolute Gasteiger partial charge is 0.481 e. The zero-order chi connectivity index (χ0) is 14.7. The molecule has 0 aliphatic carbocycles. The van der Waals surface area contributed by atoms with Gasteiger partial charge in [0.05, 0.1) is 0 Å². The Morgan fingerprint density at radius 1 is 1.25 bits per heavy atom. The molecule has 1 unspecified atom stereocenters. The van der Waals surface area contributed by atoms with E-state index in [0.29, 0.717) is 17.3 Å². The maximum atomic E-state index is 12.0. The summed E-state index contributed by atoms with van der Waals surface area (Å²) in [5, 5.41) is 9.79. The molecular weight excluding hydrogens is 258 g/mol. The zero-order valence-corrected chi connectivity index (χ0v) is 11.9. The van der Waals surface area contributed by atoms with Crippen LogP contribution < -0.4 is 10.1 Å². The molecular formula is C14H17N3O3. The summed E-state index contributed by atoms with van der Waals surface area (Å²) >= 11 is 0. The third-order valence-electron chi connectivity index (χ3n) is 3.05. The van der Waals surface area contributed by atoms with Crippen molar-refractivity contribution in [1.29, 1.82) is 0 Å². The van der Waals surface area contributed by atoms with E-state index in [1.165, 1.54) is 5.56 Å². The minimum absolute atomic E-state index is 0.304. The molecule has 20 heavy (non-hydrogen) atoms. The molecule has 0 bridgehead atoms. The summed E-state index contributed by atoms with van der Waals surface area (Å²) in [5.74, 6) is 0.665. The number of nitrogens with zero attached hydrogens (tertiary/aromatic N) is 2. The SMILES string of the molecule is Cc1ccc(OC(C)C(=O)Nc2nonc2C)cc1C. The van der Waals surface area contributed by atoms with Crippen molar-refractivity contribution in [3.63, 3.8) is 0 Å². The fraction of sp³-hybridized carbons (Fsp3) is 0.357. The van der Waals surface area contributed by atoms with E-state index in [2.05, 4.69) is 20.3 Å². The molecule has 0 spiro atoms. The van der Waals surface area contributed by atoms with E-state index < -0.39 is 6.10 Å². The molecule has 0 radical (unpaired) electrons. The average Bonchev–Trinajstić information content (AvgIpc) is 2.79. The van der Waals surface area contributed by atoms with Crippen LogP contribution in [0.1, 0.15) is 23.7 Å². The number of nitrogens with one attached hydrogen (secondary N) is 1. The Balaban J connectivity index is 2.00. The van der Waals surface area contributed by atoms with Crippen molar-refractivity contribution < 1.29 is 14.2 Å². The van der Waals surface area contributed by atoms with E-state index in [1.807, 2.05) is 32.0 Å². The highest BCUT2D eigenvalue weighted by molar-refractivity contribution is 5.93. The average molecular weight is 275 g/mol. The van der Waals surface area contributed by atoms with Gasteiger partial charge in [0, 0.05) is 0 Å². The van der Waals surface area contributed by atoms with Crippen LogP contribution in [-0.2, 0) is 4.79 Å². The van der Waals surface area contributed by atoms with Gasteiger partial charge < -0.3 is 10.1 Å². The summed E-state index contributed by atoms with van der Waals surface area (Å²) in [5.41, 5.74) is 2.82. The summed E-state index contributed by atoms with van der Waals surface area (Å²) in [6.07, 6.45) is -0.645. The number of amides is 1. The van der Waals surface area contributed by atoms with Gasteiger partial charge in [-0.2, -0.15) is 0 Å². The lowest BCUT2D eigenvalue weighted by atomic mass is 10.1. The number of benzene rings is 1. The number of aryl methyl sites for hydroxylation is 3. The molecule has 0 aliphatic rings. The van der Waals surface area contributed by atoms with Crippen LogP contribution in [0.25, 0.3) is 0 Å². The van der Waals surface area contributed by atoms with Crippen LogP contribution in [0.5, 0.6) is 5.75 Å². The van der Waals surface area contributed by atoms with Crippen LogP contribution in [0.2, 0.25) is 0 Å². The first kappa shape index (κ1) is 14.0. The second-order valence-electron chi connectivity index (χ2n) is 4.69. The number of rotatable bonds is 4. The molecule has 1 N–H and O–H groups in total. The normalized spacial score (nSPS) is 12.0. The molecule has 6 heteroatoms. The van der Waals surface area contributed by atoms with E-state index in [9.17, 15) is 4.79 Å². The molecule has 6 nitrogen and oxygen atoms in total. The third-order valence-corrected chi connectivity index (χ3v) is 3.05. The van der Waals surface area contributed by atoms with Gasteiger partial charge in [0.1, 0.15) is 11.4 Å². The van der Waals surface area contributed by atoms with Gasteiger partial charge in [0.2, 0.25) is 0 Å². The molecule has 0 fully saturated rings. The lowest BCUT2D eigenvalue weighted by Gasteiger charge is -2.14. The molecule has 0 saturated heterocycles. The van der Waals surface area contributed by atoms with Crippen LogP contribution in [0.4, 0.5) is 5.82 Å². The van der Waals surface area contributed by atoms with Crippen molar-refractivity contribution in [2.45, 2.75) is 33.8 Å². The van der Waals surface area contributed by atoms with Gasteiger partial charge in [-0.1, -0.05) is 11.2 Å². The summed E-state index contributed by atoms with van der Waals surface area (Å²) < 4.78 is 10.1. The molecule has 1 aromatic heterocycles. The van der Waals surface area contributed by atoms with Crippen LogP contribution >= 0.6 is 0 Å². The van der Waals surface area contributed by atoms with E-state index in [0.717, 1.165) is 5.56 Å². The number of anilines is 1. The number of carbonyl (C=O) groups excluding carboxylic acids is 1. The summed E-state index contributed by atoms with van der Waals surface area (Å²) in [6.45, 7) is 7.39. The standard InChI is InChI=1S/C14H17N3O3/c1-8-5-6-12(7-9(8)2)19-11(4)14(18)15-13-10(3)16-20-17-13/h5-7,11H,1-4H3,(H,15,17,18). The second-order valence-corrected chi connectivity index (χ2v) is 4.69. The Labute approximate surface area is 117 Å². The predicted molar refractivity (Wildman–Crippen MR) is 73.7 cm³/mol. The number of aromatic nitrogens is 2. The van der Waals surface area contributed by atoms with Gasteiger partial charge in [0.15, 0.2) is 11.9 Å². The van der Waals surface area contributed by atoms with E-state index >= 15 is 0 Å². The molecule has 1 atom stereocenters. The monoisotopic (exact) mass is 275 g/mol. The molecule has 2 rings (SSSR count). The summed E-state index contributed by atoms with van der Waals surface area (Å²) in [4.78, 5) is 12.0. The smallest absolute Gasteiger partial charge is 0.266 e. The van der Waals surface area contributed by atoms with E-state index in [4.69, 9.17) is 4.74 Å². The number of hydrogen-bond acceptors (Lipinski definition) is 5.